The van der Waals surface area contributed by atoms with Gasteiger partial charge in [-0.05, 0) is 11.6 Å². The van der Waals surface area contributed by atoms with E-state index in [1.807, 2.05) is 0 Å². The molecule has 0 aliphatic heterocycles. The summed E-state index contributed by atoms with van der Waals surface area (Å²) in [6.45, 7) is 0. The van der Waals surface area contributed by atoms with Gasteiger partial charge in [0.15, 0.2) is 5.82 Å². The zero-order valence-corrected chi connectivity index (χ0v) is 9.47. The molecule has 1 rings (SSSR count). The maximum atomic E-state index is 13.6. The van der Waals surface area contributed by atoms with E-state index in [1.54, 1.807) is 6.07 Å². The van der Waals surface area contributed by atoms with E-state index in [9.17, 15) is 9.18 Å². The average Bonchev–Trinajstić information content (AvgIpc) is 2.27. The highest BCUT2D eigenvalue weighted by Crippen LogP contribution is 2.19. The van der Waals surface area contributed by atoms with Gasteiger partial charge in [0.1, 0.15) is 6.07 Å². The number of alkyl halides is 1. The number of rotatable bonds is 2. The van der Waals surface area contributed by atoms with Crippen LogP contribution in [0.5, 0.6) is 0 Å². The SMILES string of the molecule is COC(=O)c1ccc(CBr)c(C#N)c1F. The highest BCUT2D eigenvalue weighted by atomic mass is 79.9. The lowest BCUT2D eigenvalue weighted by molar-refractivity contribution is 0.0595. The molecule has 0 unspecified atom stereocenters. The highest BCUT2D eigenvalue weighted by molar-refractivity contribution is 9.08. The lowest BCUT2D eigenvalue weighted by atomic mass is 10.1. The Morgan fingerprint density at radius 2 is 2.33 bits per heavy atom. The summed E-state index contributed by atoms with van der Waals surface area (Å²) in [4.78, 5) is 11.1. The van der Waals surface area contributed by atoms with Gasteiger partial charge in [0.25, 0.3) is 0 Å². The second-order valence-corrected chi connectivity index (χ2v) is 3.26. The monoisotopic (exact) mass is 271 g/mol. The van der Waals surface area contributed by atoms with E-state index < -0.39 is 11.8 Å². The molecule has 78 valence electrons. The molecule has 0 aliphatic rings. The van der Waals surface area contributed by atoms with Crippen molar-refractivity contribution >= 4 is 21.9 Å². The van der Waals surface area contributed by atoms with Gasteiger partial charge in [-0.15, -0.1) is 0 Å². The molecule has 5 heteroatoms. The average molecular weight is 272 g/mol. The Bertz CT molecular complexity index is 440. The topological polar surface area (TPSA) is 50.1 Å². The summed E-state index contributed by atoms with van der Waals surface area (Å²) in [5, 5.41) is 9.10. The number of nitriles is 1. The molecule has 0 aromatic heterocycles. The van der Waals surface area contributed by atoms with Crippen molar-refractivity contribution in [2.24, 2.45) is 0 Å². The first kappa shape index (κ1) is 11.7. The number of benzene rings is 1. The van der Waals surface area contributed by atoms with Crippen molar-refractivity contribution in [1.82, 2.24) is 0 Å². The van der Waals surface area contributed by atoms with Gasteiger partial charge >= 0.3 is 5.97 Å². The third-order valence-corrected chi connectivity index (χ3v) is 2.49. The quantitative estimate of drug-likeness (QED) is 0.613. The second kappa shape index (κ2) is 4.89. The number of halogens is 2. The van der Waals surface area contributed by atoms with Crippen LogP contribution in [0.2, 0.25) is 0 Å². The van der Waals surface area contributed by atoms with Crippen LogP contribution in [0, 0.1) is 17.1 Å². The van der Waals surface area contributed by atoms with Gasteiger partial charge in [-0.3, -0.25) is 0 Å². The minimum atomic E-state index is -0.832. The summed E-state index contributed by atoms with van der Waals surface area (Å²) in [5.74, 6) is -1.62. The molecule has 0 radical (unpaired) electrons. The molecule has 15 heavy (non-hydrogen) atoms. The smallest absolute Gasteiger partial charge is 0.340 e. The van der Waals surface area contributed by atoms with Crippen LogP contribution < -0.4 is 0 Å². The molecule has 0 aliphatic carbocycles. The predicted octanol–water partition coefficient (Wildman–Crippen LogP) is 2.38. The number of hydrogen-bond acceptors (Lipinski definition) is 3. The number of hydrogen-bond donors (Lipinski definition) is 0. The van der Waals surface area contributed by atoms with Crippen molar-refractivity contribution in [3.63, 3.8) is 0 Å². The molecular formula is C10H7BrFNO2. The molecule has 0 amide bonds. The van der Waals surface area contributed by atoms with Crippen molar-refractivity contribution in [1.29, 1.82) is 5.26 Å². The molecule has 0 bridgehead atoms. The first-order valence-electron chi connectivity index (χ1n) is 4.01. The zero-order chi connectivity index (χ0) is 11.4. The fraction of sp³-hybridized carbons (Fsp3) is 0.200. The van der Waals surface area contributed by atoms with Gasteiger partial charge in [0.05, 0.1) is 18.2 Å². The van der Waals surface area contributed by atoms with Gasteiger partial charge in [0.2, 0.25) is 0 Å². The molecule has 0 heterocycles. The van der Waals surface area contributed by atoms with Gasteiger partial charge in [0, 0.05) is 5.33 Å². The van der Waals surface area contributed by atoms with Gasteiger partial charge < -0.3 is 4.74 Å². The van der Waals surface area contributed by atoms with Crippen LogP contribution >= 0.6 is 15.9 Å². The van der Waals surface area contributed by atoms with Crippen LogP contribution in [0.3, 0.4) is 0 Å². The molecule has 0 saturated carbocycles. The number of nitrogens with zero attached hydrogens (tertiary/aromatic N) is 1. The summed E-state index contributed by atoms with van der Waals surface area (Å²) in [7, 11) is 1.16. The Morgan fingerprint density at radius 3 is 2.80 bits per heavy atom. The van der Waals surface area contributed by atoms with Crippen molar-refractivity contribution in [3.8, 4) is 6.07 Å². The summed E-state index contributed by atoms with van der Waals surface area (Å²) in [6.07, 6.45) is 0. The molecule has 3 nitrogen and oxygen atoms in total. The van der Waals surface area contributed by atoms with E-state index in [-0.39, 0.29) is 11.1 Å². The zero-order valence-electron chi connectivity index (χ0n) is 7.88. The largest absolute Gasteiger partial charge is 0.465 e. The van der Waals surface area contributed by atoms with Crippen molar-refractivity contribution in [2.75, 3.05) is 7.11 Å². The van der Waals surface area contributed by atoms with Crippen LogP contribution in [0.15, 0.2) is 12.1 Å². The second-order valence-electron chi connectivity index (χ2n) is 2.70. The van der Waals surface area contributed by atoms with Crippen LogP contribution in [-0.4, -0.2) is 13.1 Å². The van der Waals surface area contributed by atoms with E-state index >= 15 is 0 Å². The summed E-state index contributed by atoms with van der Waals surface area (Å²) in [5.41, 5.74) is 0.149. The highest BCUT2D eigenvalue weighted by Gasteiger charge is 2.17. The van der Waals surface area contributed by atoms with Crippen molar-refractivity contribution < 1.29 is 13.9 Å². The standard InChI is InChI=1S/C10H7BrFNO2/c1-15-10(14)7-3-2-6(4-11)8(5-13)9(7)12/h2-3H,4H2,1H3. The molecule has 1 aromatic carbocycles. The van der Waals surface area contributed by atoms with Crippen LogP contribution in [-0.2, 0) is 10.1 Å². The number of carbonyl (C=O) groups excluding carboxylic acids is 1. The van der Waals surface area contributed by atoms with Crippen LogP contribution in [0.1, 0.15) is 21.5 Å². The Hall–Kier alpha value is -1.41. The first-order chi connectivity index (χ1) is 7.15. The maximum Gasteiger partial charge on any atom is 0.340 e. The van der Waals surface area contributed by atoms with Gasteiger partial charge in [-0.1, -0.05) is 22.0 Å². The van der Waals surface area contributed by atoms with Gasteiger partial charge in [-0.2, -0.15) is 5.26 Å². The Balaban J connectivity index is 3.37. The Kier molecular flexibility index (Phi) is 3.81. The Morgan fingerprint density at radius 1 is 1.67 bits per heavy atom. The van der Waals surface area contributed by atoms with Crippen molar-refractivity contribution in [2.45, 2.75) is 5.33 Å². The number of esters is 1. The molecule has 0 saturated heterocycles. The molecule has 0 N–H and O–H groups in total. The molecule has 0 fully saturated rings. The van der Waals surface area contributed by atoms with E-state index in [2.05, 4.69) is 20.7 Å². The van der Waals surface area contributed by atoms with Crippen LogP contribution in [0.4, 0.5) is 4.39 Å². The van der Waals surface area contributed by atoms with Crippen molar-refractivity contribution in [3.05, 3.63) is 34.6 Å². The van der Waals surface area contributed by atoms with E-state index in [0.29, 0.717) is 10.9 Å². The number of methoxy groups -OCH3 is 1. The maximum absolute atomic E-state index is 13.6. The summed E-state index contributed by atoms with van der Waals surface area (Å²) < 4.78 is 18.0. The third kappa shape index (κ3) is 2.16. The lowest BCUT2D eigenvalue weighted by Crippen LogP contribution is -2.07. The fourth-order valence-corrected chi connectivity index (χ4v) is 1.58. The molecule has 1 aromatic rings. The lowest BCUT2D eigenvalue weighted by Gasteiger charge is -2.05. The molecule has 0 atom stereocenters. The van der Waals surface area contributed by atoms with E-state index in [4.69, 9.17) is 5.26 Å². The minimum absolute atomic E-state index is 0.130. The van der Waals surface area contributed by atoms with E-state index in [0.717, 1.165) is 7.11 Å². The summed E-state index contributed by atoms with van der Waals surface area (Å²) in [6, 6.07) is 4.54. The normalized spacial score (nSPS) is 9.47. The fourth-order valence-electron chi connectivity index (χ4n) is 1.12. The van der Waals surface area contributed by atoms with Gasteiger partial charge in [-0.25, -0.2) is 9.18 Å². The number of ether oxygens (including phenoxy) is 1. The number of carbonyl (C=O) groups is 1. The first-order valence-corrected chi connectivity index (χ1v) is 5.13. The predicted molar refractivity (Wildman–Crippen MR) is 55.1 cm³/mol. The Labute approximate surface area is 94.6 Å². The molecule has 0 spiro atoms. The molecular weight excluding hydrogens is 265 g/mol. The minimum Gasteiger partial charge on any atom is -0.465 e. The van der Waals surface area contributed by atoms with Crippen LogP contribution in [0.25, 0.3) is 0 Å². The third-order valence-electron chi connectivity index (χ3n) is 1.89. The van der Waals surface area contributed by atoms with E-state index in [1.165, 1.54) is 12.1 Å². The summed E-state index contributed by atoms with van der Waals surface area (Å²) >= 11 is 3.13.